The van der Waals surface area contributed by atoms with E-state index in [0.29, 0.717) is 11.6 Å². The Kier molecular flexibility index (Phi) is 3.71. The van der Waals surface area contributed by atoms with E-state index in [-0.39, 0.29) is 6.61 Å². The van der Waals surface area contributed by atoms with Gasteiger partial charge >= 0.3 is 0 Å². The Hall–Kier alpha value is -1.09. The Morgan fingerprint density at radius 1 is 1.54 bits per heavy atom. The molecule has 0 aliphatic carbocycles. The lowest BCUT2D eigenvalue weighted by Gasteiger charge is -2.08. The molecule has 0 aromatic carbocycles. The summed E-state index contributed by atoms with van der Waals surface area (Å²) < 4.78 is 0. The second kappa shape index (κ2) is 4.82. The Labute approximate surface area is 78.8 Å². The highest BCUT2D eigenvalue weighted by molar-refractivity contribution is 5.42. The van der Waals surface area contributed by atoms with Crippen molar-refractivity contribution in [1.29, 1.82) is 0 Å². The van der Waals surface area contributed by atoms with Crippen LogP contribution in [0, 0.1) is 5.92 Å². The molecule has 0 amide bonds. The second-order valence-electron chi connectivity index (χ2n) is 3.47. The maximum atomic E-state index is 8.85. The molecule has 0 atom stereocenters. The molecule has 0 saturated heterocycles. The van der Waals surface area contributed by atoms with Gasteiger partial charge in [-0.15, -0.1) is 0 Å². The largest absolute Gasteiger partial charge is 0.390 e. The van der Waals surface area contributed by atoms with Crippen molar-refractivity contribution in [1.82, 2.24) is 4.98 Å². The molecule has 0 radical (unpaired) electrons. The summed E-state index contributed by atoms with van der Waals surface area (Å²) in [6.07, 6.45) is 1.70. The zero-order chi connectivity index (χ0) is 9.68. The lowest BCUT2D eigenvalue weighted by molar-refractivity contribution is 0.277. The molecule has 1 aromatic heterocycles. The first kappa shape index (κ1) is 9.99. The van der Waals surface area contributed by atoms with Crippen LogP contribution in [0.15, 0.2) is 18.3 Å². The molecular formula is C10H16N2O. The van der Waals surface area contributed by atoms with E-state index in [0.717, 1.165) is 12.2 Å². The van der Waals surface area contributed by atoms with Crippen LogP contribution in [0.3, 0.4) is 0 Å². The van der Waals surface area contributed by atoms with E-state index in [4.69, 9.17) is 5.11 Å². The Morgan fingerprint density at radius 3 is 2.92 bits per heavy atom. The van der Waals surface area contributed by atoms with Crippen LogP contribution in [0.5, 0.6) is 0 Å². The van der Waals surface area contributed by atoms with Crippen molar-refractivity contribution in [3.05, 3.63) is 24.0 Å². The van der Waals surface area contributed by atoms with Gasteiger partial charge in [0.25, 0.3) is 0 Å². The third kappa shape index (κ3) is 3.42. The summed E-state index contributed by atoms with van der Waals surface area (Å²) in [5, 5.41) is 12.1. The van der Waals surface area contributed by atoms with Crippen LogP contribution >= 0.6 is 0 Å². The molecule has 0 aliphatic rings. The van der Waals surface area contributed by atoms with Crippen molar-refractivity contribution in [2.45, 2.75) is 20.5 Å². The van der Waals surface area contributed by atoms with Crippen molar-refractivity contribution < 1.29 is 5.11 Å². The Morgan fingerprint density at radius 2 is 2.31 bits per heavy atom. The molecule has 0 unspecified atom stereocenters. The zero-order valence-corrected chi connectivity index (χ0v) is 8.12. The van der Waals surface area contributed by atoms with Crippen molar-refractivity contribution in [3.8, 4) is 0 Å². The van der Waals surface area contributed by atoms with Crippen molar-refractivity contribution in [2.24, 2.45) is 5.92 Å². The molecule has 3 heteroatoms. The molecule has 3 nitrogen and oxygen atoms in total. The number of nitrogens with zero attached hydrogens (tertiary/aromatic N) is 1. The molecule has 0 fully saturated rings. The first-order valence-corrected chi connectivity index (χ1v) is 4.52. The van der Waals surface area contributed by atoms with Crippen LogP contribution in [0.1, 0.15) is 19.5 Å². The van der Waals surface area contributed by atoms with Gasteiger partial charge in [-0.2, -0.15) is 0 Å². The topological polar surface area (TPSA) is 45.2 Å². The number of hydrogen-bond acceptors (Lipinski definition) is 3. The Balaban J connectivity index is 2.56. The van der Waals surface area contributed by atoms with Crippen molar-refractivity contribution in [2.75, 3.05) is 11.9 Å². The minimum Gasteiger partial charge on any atom is -0.390 e. The van der Waals surface area contributed by atoms with Crippen molar-refractivity contribution >= 4 is 5.69 Å². The van der Waals surface area contributed by atoms with E-state index in [9.17, 15) is 0 Å². The summed E-state index contributed by atoms with van der Waals surface area (Å²) in [4.78, 5) is 3.99. The molecule has 2 N–H and O–H groups in total. The standard InChI is InChI=1S/C10H16N2O/c1-8(2)6-12-9-3-4-11-10(5-9)7-13/h3-5,8,13H,6-7H2,1-2H3,(H,11,12). The molecule has 1 heterocycles. The molecule has 0 saturated carbocycles. The van der Waals surface area contributed by atoms with Gasteiger partial charge in [0.2, 0.25) is 0 Å². The first-order chi connectivity index (χ1) is 6.22. The van der Waals surface area contributed by atoms with Gasteiger partial charge in [0.15, 0.2) is 0 Å². The number of aliphatic hydroxyl groups excluding tert-OH is 1. The molecule has 1 rings (SSSR count). The summed E-state index contributed by atoms with van der Waals surface area (Å²) in [6, 6.07) is 3.77. The van der Waals surface area contributed by atoms with E-state index in [1.54, 1.807) is 6.20 Å². The highest BCUT2D eigenvalue weighted by Crippen LogP contribution is 2.08. The number of aromatic nitrogens is 1. The third-order valence-electron chi connectivity index (χ3n) is 1.69. The number of nitrogens with one attached hydrogen (secondary N) is 1. The third-order valence-corrected chi connectivity index (χ3v) is 1.69. The van der Waals surface area contributed by atoms with Gasteiger partial charge in [-0.3, -0.25) is 4.98 Å². The van der Waals surface area contributed by atoms with E-state index >= 15 is 0 Å². The van der Waals surface area contributed by atoms with Crippen LogP contribution < -0.4 is 5.32 Å². The quantitative estimate of drug-likeness (QED) is 0.740. The summed E-state index contributed by atoms with van der Waals surface area (Å²) in [6.45, 7) is 5.24. The van der Waals surface area contributed by atoms with Gasteiger partial charge in [0, 0.05) is 18.4 Å². The summed E-state index contributed by atoms with van der Waals surface area (Å²) >= 11 is 0. The molecule has 13 heavy (non-hydrogen) atoms. The molecule has 72 valence electrons. The van der Waals surface area contributed by atoms with Crippen LogP contribution in [0.25, 0.3) is 0 Å². The minimum absolute atomic E-state index is 0.00278. The number of hydrogen-bond donors (Lipinski definition) is 2. The molecule has 1 aromatic rings. The fourth-order valence-electron chi connectivity index (χ4n) is 0.997. The smallest absolute Gasteiger partial charge is 0.0853 e. The van der Waals surface area contributed by atoms with Gasteiger partial charge in [-0.25, -0.2) is 0 Å². The average Bonchev–Trinajstić information content (AvgIpc) is 2.15. The molecule has 0 bridgehead atoms. The minimum atomic E-state index is -0.00278. The maximum Gasteiger partial charge on any atom is 0.0853 e. The lowest BCUT2D eigenvalue weighted by atomic mass is 10.2. The number of aliphatic hydroxyl groups is 1. The maximum absolute atomic E-state index is 8.85. The number of anilines is 1. The summed E-state index contributed by atoms with van der Waals surface area (Å²) in [5.41, 5.74) is 1.72. The van der Waals surface area contributed by atoms with Crippen LogP contribution in [0.4, 0.5) is 5.69 Å². The van der Waals surface area contributed by atoms with E-state index in [2.05, 4.69) is 24.1 Å². The normalized spacial score (nSPS) is 10.5. The molecule has 0 aliphatic heterocycles. The van der Waals surface area contributed by atoms with E-state index < -0.39 is 0 Å². The highest BCUT2D eigenvalue weighted by Gasteiger charge is 1.96. The summed E-state index contributed by atoms with van der Waals surface area (Å²) in [5.74, 6) is 0.616. The monoisotopic (exact) mass is 180 g/mol. The fraction of sp³-hybridized carbons (Fsp3) is 0.500. The Bertz CT molecular complexity index is 261. The second-order valence-corrected chi connectivity index (χ2v) is 3.47. The van der Waals surface area contributed by atoms with Crippen LogP contribution in [0.2, 0.25) is 0 Å². The predicted molar refractivity (Wildman–Crippen MR) is 53.5 cm³/mol. The average molecular weight is 180 g/mol. The first-order valence-electron chi connectivity index (χ1n) is 4.52. The number of pyridine rings is 1. The number of rotatable bonds is 4. The van der Waals surface area contributed by atoms with E-state index in [1.807, 2.05) is 12.1 Å². The lowest BCUT2D eigenvalue weighted by Crippen LogP contribution is -2.08. The molecular weight excluding hydrogens is 164 g/mol. The molecule has 0 spiro atoms. The van der Waals surface area contributed by atoms with Gasteiger partial charge in [0.05, 0.1) is 12.3 Å². The zero-order valence-electron chi connectivity index (χ0n) is 8.12. The predicted octanol–water partition coefficient (Wildman–Crippen LogP) is 1.64. The summed E-state index contributed by atoms with van der Waals surface area (Å²) in [7, 11) is 0. The van der Waals surface area contributed by atoms with Gasteiger partial charge in [-0.05, 0) is 18.1 Å². The van der Waals surface area contributed by atoms with Gasteiger partial charge in [-0.1, -0.05) is 13.8 Å². The van der Waals surface area contributed by atoms with Crippen LogP contribution in [-0.2, 0) is 6.61 Å². The SMILES string of the molecule is CC(C)CNc1ccnc(CO)c1. The van der Waals surface area contributed by atoms with Crippen molar-refractivity contribution in [3.63, 3.8) is 0 Å². The van der Waals surface area contributed by atoms with Gasteiger partial charge < -0.3 is 10.4 Å². The van der Waals surface area contributed by atoms with Gasteiger partial charge in [0.1, 0.15) is 0 Å². The fourth-order valence-corrected chi connectivity index (χ4v) is 0.997. The van der Waals surface area contributed by atoms with Crippen LogP contribution in [-0.4, -0.2) is 16.6 Å². The van der Waals surface area contributed by atoms with E-state index in [1.165, 1.54) is 0 Å². The highest BCUT2D eigenvalue weighted by atomic mass is 16.3.